The lowest BCUT2D eigenvalue weighted by Crippen LogP contribution is -2.50. The van der Waals surface area contributed by atoms with Crippen LogP contribution < -0.4 is 15.4 Å². The topological polar surface area (TPSA) is 66.0 Å². The normalized spacial score (nSPS) is 14.7. The molecule has 1 fully saturated rings. The largest absolute Gasteiger partial charge is 0.457 e. The molecule has 32 heavy (non-hydrogen) atoms. The summed E-state index contributed by atoms with van der Waals surface area (Å²) in [6, 6.07) is 16.4. The fourth-order valence-corrected chi connectivity index (χ4v) is 3.73. The Bertz CT molecular complexity index is 908. The van der Waals surface area contributed by atoms with E-state index in [2.05, 4.69) is 34.7 Å². The van der Waals surface area contributed by atoms with E-state index in [0.717, 1.165) is 49.0 Å². The Balaban J connectivity index is 0.00000363. The van der Waals surface area contributed by atoms with Crippen molar-refractivity contribution < 1.29 is 9.53 Å². The Morgan fingerprint density at radius 1 is 1.16 bits per heavy atom. The molecule has 2 aromatic rings. The smallest absolute Gasteiger partial charge is 0.225 e. The summed E-state index contributed by atoms with van der Waals surface area (Å²) in [5.41, 5.74) is 2.23. The van der Waals surface area contributed by atoms with E-state index in [0.29, 0.717) is 12.6 Å². The van der Waals surface area contributed by atoms with Crippen LogP contribution in [0.1, 0.15) is 37.8 Å². The van der Waals surface area contributed by atoms with E-state index in [9.17, 15) is 4.79 Å². The number of nitrogens with zero attached hydrogens (tertiary/aromatic N) is 2. The van der Waals surface area contributed by atoms with Crippen LogP contribution in [0.5, 0.6) is 11.5 Å². The average Bonchev–Trinajstić information content (AvgIpc) is 2.77. The molecule has 0 bridgehead atoms. The van der Waals surface area contributed by atoms with Crippen molar-refractivity contribution >= 4 is 35.8 Å². The molecule has 1 aliphatic rings. The number of carbonyl (C=O) groups excluding carboxylic acids is 1. The number of aryl methyl sites for hydroxylation is 1. The summed E-state index contributed by atoms with van der Waals surface area (Å²) in [4.78, 5) is 18.5. The first kappa shape index (κ1) is 26.0. The molecule has 0 unspecified atom stereocenters. The second kappa shape index (κ2) is 12.7. The molecular weight excluding hydrogens is 515 g/mol. The molecule has 2 N–H and O–H groups in total. The first-order valence-electron chi connectivity index (χ1n) is 11.0. The highest BCUT2D eigenvalue weighted by Crippen LogP contribution is 2.25. The molecule has 1 aliphatic heterocycles. The Hall–Kier alpha value is -2.29. The summed E-state index contributed by atoms with van der Waals surface area (Å²) in [6.45, 7) is 8.15. The van der Waals surface area contributed by atoms with Crippen molar-refractivity contribution in [3.8, 4) is 11.5 Å². The van der Waals surface area contributed by atoms with Crippen LogP contribution in [-0.4, -0.2) is 42.9 Å². The Morgan fingerprint density at radius 2 is 1.88 bits per heavy atom. The maximum atomic E-state index is 12.2. The van der Waals surface area contributed by atoms with Gasteiger partial charge in [0, 0.05) is 44.2 Å². The van der Waals surface area contributed by atoms with Crippen LogP contribution in [0.2, 0.25) is 0 Å². The van der Waals surface area contributed by atoms with Crippen LogP contribution in [0.3, 0.4) is 0 Å². The molecule has 174 valence electrons. The van der Waals surface area contributed by atoms with Gasteiger partial charge in [-0.3, -0.25) is 9.79 Å². The van der Waals surface area contributed by atoms with Gasteiger partial charge in [0.2, 0.25) is 5.91 Å². The van der Waals surface area contributed by atoms with Crippen LogP contribution in [0.15, 0.2) is 53.5 Å². The second-order valence-corrected chi connectivity index (χ2v) is 8.35. The molecule has 1 saturated heterocycles. The van der Waals surface area contributed by atoms with Crippen molar-refractivity contribution in [3.63, 3.8) is 0 Å². The molecule has 0 aliphatic carbocycles. The highest BCUT2D eigenvalue weighted by atomic mass is 127. The third-order valence-corrected chi connectivity index (χ3v) is 5.50. The summed E-state index contributed by atoms with van der Waals surface area (Å²) in [5.74, 6) is 2.72. The Morgan fingerprint density at radius 3 is 2.53 bits per heavy atom. The lowest BCUT2D eigenvalue weighted by Gasteiger charge is -2.34. The van der Waals surface area contributed by atoms with Gasteiger partial charge in [0.05, 0.1) is 0 Å². The minimum absolute atomic E-state index is 0. The van der Waals surface area contributed by atoms with Crippen LogP contribution in [0, 0.1) is 12.8 Å². The van der Waals surface area contributed by atoms with E-state index in [1.807, 2.05) is 55.1 Å². The molecular formula is C25H35IN4O2. The van der Waals surface area contributed by atoms with Crippen LogP contribution in [-0.2, 0) is 11.3 Å². The van der Waals surface area contributed by atoms with Crippen molar-refractivity contribution in [2.75, 3.05) is 20.1 Å². The van der Waals surface area contributed by atoms with Gasteiger partial charge >= 0.3 is 0 Å². The maximum Gasteiger partial charge on any atom is 0.225 e. The van der Waals surface area contributed by atoms with Crippen molar-refractivity contribution in [1.29, 1.82) is 0 Å². The zero-order chi connectivity index (χ0) is 22.2. The number of amides is 1. The minimum atomic E-state index is 0. The molecule has 0 saturated carbocycles. The number of piperidine rings is 1. The molecule has 0 atom stereocenters. The van der Waals surface area contributed by atoms with Crippen LogP contribution >= 0.6 is 24.0 Å². The minimum Gasteiger partial charge on any atom is -0.457 e. The fraction of sp³-hybridized carbons (Fsp3) is 0.440. The molecule has 3 rings (SSSR count). The van der Waals surface area contributed by atoms with E-state index in [-0.39, 0.29) is 35.8 Å². The zero-order valence-corrected chi connectivity index (χ0v) is 21.8. The van der Waals surface area contributed by atoms with Crippen molar-refractivity contribution in [2.45, 2.75) is 46.2 Å². The molecule has 0 spiro atoms. The van der Waals surface area contributed by atoms with Gasteiger partial charge in [-0.2, -0.15) is 0 Å². The van der Waals surface area contributed by atoms with E-state index >= 15 is 0 Å². The first-order chi connectivity index (χ1) is 15.0. The number of hydrogen-bond acceptors (Lipinski definition) is 3. The summed E-state index contributed by atoms with van der Waals surface area (Å²) in [6.07, 6.45) is 1.85. The SMILES string of the molecule is CN=C(NCc1ccccc1Oc1cccc(C)c1)NC1CCN(C(=O)C(C)C)CC1.I. The molecule has 0 radical (unpaired) electrons. The number of likely N-dealkylation sites (tertiary alicyclic amines) is 1. The van der Waals surface area contributed by atoms with Crippen molar-refractivity contribution in [2.24, 2.45) is 10.9 Å². The van der Waals surface area contributed by atoms with Gasteiger partial charge in [-0.15, -0.1) is 24.0 Å². The summed E-state index contributed by atoms with van der Waals surface area (Å²) in [7, 11) is 1.78. The number of halogens is 1. The predicted octanol–water partition coefficient (Wildman–Crippen LogP) is 4.72. The van der Waals surface area contributed by atoms with Gasteiger partial charge in [0.15, 0.2) is 5.96 Å². The average molecular weight is 550 g/mol. The van der Waals surface area contributed by atoms with Gasteiger partial charge in [-0.25, -0.2) is 0 Å². The molecule has 1 amide bonds. The third-order valence-electron chi connectivity index (χ3n) is 5.50. The van der Waals surface area contributed by atoms with Crippen molar-refractivity contribution in [3.05, 3.63) is 59.7 Å². The quantitative estimate of drug-likeness (QED) is 0.311. The van der Waals surface area contributed by atoms with Gasteiger partial charge in [0.1, 0.15) is 11.5 Å². The number of rotatable bonds is 6. The van der Waals surface area contributed by atoms with Gasteiger partial charge in [-0.05, 0) is 43.5 Å². The molecule has 0 aromatic heterocycles. The number of carbonyl (C=O) groups is 1. The summed E-state index contributed by atoms with van der Waals surface area (Å²) < 4.78 is 6.12. The number of aliphatic imine (C=N–C) groups is 1. The Labute approximate surface area is 208 Å². The highest BCUT2D eigenvalue weighted by Gasteiger charge is 2.24. The van der Waals surface area contributed by atoms with Crippen molar-refractivity contribution in [1.82, 2.24) is 15.5 Å². The van der Waals surface area contributed by atoms with Gasteiger partial charge in [-0.1, -0.05) is 44.2 Å². The van der Waals surface area contributed by atoms with Gasteiger partial charge in [0.25, 0.3) is 0 Å². The number of guanidine groups is 1. The van der Waals surface area contributed by atoms with Gasteiger partial charge < -0.3 is 20.3 Å². The third kappa shape index (κ3) is 7.39. The monoisotopic (exact) mass is 550 g/mol. The summed E-state index contributed by atoms with van der Waals surface area (Å²) in [5, 5.41) is 6.90. The number of para-hydroxylation sites is 1. The number of nitrogens with one attached hydrogen (secondary N) is 2. The molecule has 7 heteroatoms. The van der Waals surface area contributed by atoms with E-state index in [1.165, 1.54) is 5.56 Å². The van der Waals surface area contributed by atoms with E-state index in [4.69, 9.17) is 4.74 Å². The number of benzene rings is 2. The number of ether oxygens (including phenoxy) is 1. The maximum absolute atomic E-state index is 12.2. The molecule has 2 aromatic carbocycles. The fourth-order valence-electron chi connectivity index (χ4n) is 3.73. The lowest BCUT2D eigenvalue weighted by atomic mass is 10.0. The Kier molecular flexibility index (Phi) is 10.3. The first-order valence-corrected chi connectivity index (χ1v) is 11.0. The highest BCUT2D eigenvalue weighted by molar-refractivity contribution is 14.0. The second-order valence-electron chi connectivity index (χ2n) is 8.35. The summed E-state index contributed by atoms with van der Waals surface area (Å²) >= 11 is 0. The standard InChI is InChI=1S/C25H34N4O2.HI/c1-18(2)24(30)29-14-12-21(13-15-29)28-25(26-4)27-17-20-9-5-6-11-23(20)31-22-10-7-8-19(3)16-22;/h5-11,16,18,21H,12-15,17H2,1-4H3,(H2,26,27,28);1H. The predicted molar refractivity (Wildman–Crippen MR) is 141 cm³/mol. The molecule has 6 nitrogen and oxygen atoms in total. The van der Waals surface area contributed by atoms with E-state index < -0.39 is 0 Å². The van der Waals surface area contributed by atoms with Crippen LogP contribution in [0.25, 0.3) is 0 Å². The zero-order valence-electron chi connectivity index (χ0n) is 19.4. The number of hydrogen-bond donors (Lipinski definition) is 2. The van der Waals surface area contributed by atoms with Crippen LogP contribution in [0.4, 0.5) is 0 Å². The van der Waals surface area contributed by atoms with E-state index in [1.54, 1.807) is 7.05 Å². The lowest BCUT2D eigenvalue weighted by molar-refractivity contribution is -0.135. The molecule has 1 heterocycles.